The fourth-order valence-corrected chi connectivity index (χ4v) is 1.54. The first-order valence-corrected chi connectivity index (χ1v) is 6.51. The first-order chi connectivity index (χ1) is 10.0. The van der Waals surface area contributed by atoms with Gasteiger partial charge in [-0.15, -0.1) is 0 Å². The van der Waals surface area contributed by atoms with E-state index in [2.05, 4.69) is 5.32 Å². The molecule has 0 saturated carbocycles. The highest BCUT2D eigenvalue weighted by Crippen LogP contribution is 2.25. The van der Waals surface area contributed by atoms with E-state index in [1.54, 1.807) is 26.3 Å². The summed E-state index contributed by atoms with van der Waals surface area (Å²) in [5.41, 5.74) is 0. The summed E-state index contributed by atoms with van der Waals surface area (Å²) in [6, 6.07) is 6.91. The monoisotopic (exact) mass is 296 g/mol. The van der Waals surface area contributed by atoms with Gasteiger partial charge in [-0.25, -0.2) is 4.79 Å². The molecule has 1 aromatic carbocycles. The van der Waals surface area contributed by atoms with E-state index < -0.39 is 5.97 Å². The zero-order valence-electron chi connectivity index (χ0n) is 12.2. The Kier molecular flexibility index (Phi) is 6.86. The number of methoxy groups -OCH3 is 1. The van der Waals surface area contributed by atoms with Crippen molar-refractivity contribution in [3.8, 4) is 11.5 Å². The van der Waals surface area contributed by atoms with Crippen molar-refractivity contribution < 1.29 is 24.2 Å². The number of urea groups is 1. The van der Waals surface area contributed by atoms with E-state index in [4.69, 9.17) is 14.6 Å². The Morgan fingerprint density at radius 1 is 1.29 bits per heavy atom. The molecule has 0 bridgehead atoms. The molecule has 0 aliphatic rings. The van der Waals surface area contributed by atoms with Crippen LogP contribution in [0.25, 0.3) is 0 Å². The molecule has 0 saturated heterocycles. The van der Waals surface area contributed by atoms with E-state index in [1.807, 2.05) is 12.1 Å². The lowest BCUT2D eigenvalue weighted by Gasteiger charge is -2.18. The molecule has 1 aromatic rings. The number of nitrogens with zero attached hydrogens (tertiary/aromatic N) is 1. The Labute approximate surface area is 123 Å². The number of hydrogen-bond acceptors (Lipinski definition) is 4. The van der Waals surface area contributed by atoms with Crippen molar-refractivity contribution in [2.45, 2.75) is 6.42 Å². The Morgan fingerprint density at radius 3 is 2.57 bits per heavy atom. The summed E-state index contributed by atoms with van der Waals surface area (Å²) in [7, 11) is 3.17. The number of carbonyl (C=O) groups excluding carboxylic acids is 1. The number of amides is 2. The summed E-state index contributed by atoms with van der Waals surface area (Å²) in [4.78, 5) is 23.4. The standard InChI is InChI=1S/C14H20N2O5/c1-16(14(19)15-8-7-13(17)18)9-10-21-12-6-4-3-5-11(12)20-2/h3-6H,7-10H2,1-2H3,(H,15,19)(H,17,18). The first kappa shape index (κ1) is 16.6. The Balaban J connectivity index is 2.31. The number of aliphatic carboxylic acids is 1. The predicted octanol–water partition coefficient (Wildman–Crippen LogP) is 1.19. The van der Waals surface area contributed by atoms with Crippen LogP contribution in [0.3, 0.4) is 0 Å². The summed E-state index contributed by atoms with van der Waals surface area (Å²) in [6.07, 6.45) is -0.0999. The van der Waals surface area contributed by atoms with Gasteiger partial charge in [-0.3, -0.25) is 4.79 Å². The SMILES string of the molecule is COc1ccccc1OCCN(C)C(=O)NCCC(=O)O. The lowest BCUT2D eigenvalue weighted by atomic mass is 10.3. The summed E-state index contributed by atoms with van der Waals surface area (Å²) in [6.45, 7) is 0.784. The molecular formula is C14H20N2O5. The molecule has 2 N–H and O–H groups in total. The first-order valence-electron chi connectivity index (χ1n) is 6.51. The van der Waals surface area contributed by atoms with Crippen molar-refractivity contribution in [1.29, 1.82) is 0 Å². The number of ether oxygens (including phenoxy) is 2. The average Bonchev–Trinajstić information content (AvgIpc) is 2.47. The lowest BCUT2D eigenvalue weighted by Crippen LogP contribution is -2.40. The molecule has 0 aromatic heterocycles. The second-order valence-electron chi connectivity index (χ2n) is 4.30. The molecule has 2 amide bonds. The molecule has 7 heteroatoms. The number of benzene rings is 1. The maximum absolute atomic E-state index is 11.6. The number of carboxylic acids is 1. The summed E-state index contributed by atoms with van der Waals surface area (Å²) in [5, 5.41) is 11.0. The third-order valence-corrected chi connectivity index (χ3v) is 2.72. The molecule has 21 heavy (non-hydrogen) atoms. The zero-order valence-corrected chi connectivity index (χ0v) is 12.2. The van der Waals surface area contributed by atoms with Gasteiger partial charge in [0.05, 0.1) is 20.1 Å². The second-order valence-corrected chi connectivity index (χ2v) is 4.30. The van der Waals surface area contributed by atoms with Crippen LogP contribution in [0.1, 0.15) is 6.42 Å². The summed E-state index contributed by atoms with van der Waals surface area (Å²) < 4.78 is 10.7. The normalized spacial score (nSPS) is 9.81. The van der Waals surface area contributed by atoms with Crippen molar-refractivity contribution in [2.24, 2.45) is 0 Å². The van der Waals surface area contributed by atoms with E-state index in [-0.39, 0.29) is 19.0 Å². The zero-order chi connectivity index (χ0) is 15.7. The predicted molar refractivity (Wildman–Crippen MR) is 76.8 cm³/mol. The number of carbonyl (C=O) groups is 2. The largest absolute Gasteiger partial charge is 0.493 e. The third-order valence-electron chi connectivity index (χ3n) is 2.72. The number of likely N-dealkylation sites (N-methyl/N-ethyl adjacent to an activating group) is 1. The van der Waals surface area contributed by atoms with Crippen molar-refractivity contribution in [3.63, 3.8) is 0 Å². The van der Waals surface area contributed by atoms with Crippen LogP contribution in [-0.4, -0.2) is 55.9 Å². The fraction of sp³-hybridized carbons (Fsp3) is 0.429. The minimum Gasteiger partial charge on any atom is -0.493 e. The van der Waals surface area contributed by atoms with Crippen molar-refractivity contribution in [3.05, 3.63) is 24.3 Å². The van der Waals surface area contributed by atoms with Gasteiger partial charge in [-0.05, 0) is 12.1 Å². The van der Waals surface area contributed by atoms with Crippen molar-refractivity contribution in [1.82, 2.24) is 10.2 Å². The molecule has 0 radical (unpaired) electrons. The van der Waals surface area contributed by atoms with Crippen LogP contribution in [0, 0.1) is 0 Å². The maximum Gasteiger partial charge on any atom is 0.317 e. The lowest BCUT2D eigenvalue weighted by molar-refractivity contribution is -0.136. The van der Waals surface area contributed by atoms with Gasteiger partial charge < -0.3 is 24.8 Å². The van der Waals surface area contributed by atoms with Crippen molar-refractivity contribution in [2.75, 3.05) is 33.9 Å². The smallest absolute Gasteiger partial charge is 0.317 e. The quantitative estimate of drug-likeness (QED) is 0.752. The van der Waals surface area contributed by atoms with Crippen LogP contribution in [0.15, 0.2) is 24.3 Å². The highest BCUT2D eigenvalue weighted by Gasteiger charge is 2.09. The molecule has 0 atom stereocenters. The van der Waals surface area contributed by atoms with Crippen LogP contribution in [-0.2, 0) is 4.79 Å². The highest BCUT2D eigenvalue weighted by molar-refractivity contribution is 5.74. The van der Waals surface area contributed by atoms with E-state index in [1.165, 1.54) is 4.90 Å². The Hall–Kier alpha value is -2.44. The summed E-state index contributed by atoms with van der Waals surface area (Å²) >= 11 is 0. The molecule has 0 aliphatic heterocycles. The van der Waals surface area contributed by atoms with Crippen LogP contribution in [0.4, 0.5) is 4.79 Å². The topological polar surface area (TPSA) is 88.1 Å². The molecule has 0 aliphatic carbocycles. The second kappa shape index (κ2) is 8.68. The minimum atomic E-state index is -0.947. The molecule has 0 heterocycles. The van der Waals surface area contributed by atoms with Gasteiger partial charge in [0.25, 0.3) is 0 Å². The van der Waals surface area contributed by atoms with Gasteiger partial charge in [0, 0.05) is 13.6 Å². The van der Waals surface area contributed by atoms with E-state index in [0.29, 0.717) is 24.7 Å². The van der Waals surface area contributed by atoms with Crippen LogP contribution >= 0.6 is 0 Å². The van der Waals surface area contributed by atoms with E-state index in [9.17, 15) is 9.59 Å². The van der Waals surface area contributed by atoms with Crippen LogP contribution in [0.5, 0.6) is 11.5 Å². The average molecular weight is 296 g/mol. The fourth-order valence-electron chi connectivity index (χ4n) is 1.54. The van der Waals surface area contributed by atoms with Gasteiger partial charge in [-0.1, -0.05) is 12.1 Å². The number of carboxylic acid groups (broad SMARTS) is 1. The third kappa shape index (κ3) is 6.03. The van der Waals surface area contributed by atoms with Gasteiger partial charge >= 0.3 is 12.0 Å². The van der Waals surface area contributed by atoms with Crippen molar-refractivity contribution >= 4 is 12.0 Å². The van der Waals surface area contributed by atoms with E-state index in [0.717, 1.165) is 0 Å². The number of para-hydroxylation sites is 2. The van der Waals surface area contributed by atoms with E-state index >= 15 is 0 Å². The minimum absolute atomic E-state index is 0.0999. The van der Waals surface area contributed by atoms with Gasteiger partial charge in [0.2, 0.25) is 0 Å². The van der Waals surface area contributed by atoms with Gasteiger partial charge in [0.1, 0.15) is 6.61 Å². The molecule has 0 fully saturated rings. The Bertz CT molecular complexity index is 478. The summed E-state index contributed by atoms with van der Waals surface area (Å²) in [5.74, 6) is 0.295. The van der Waals surface area contributed by atoms with Gasteiger partial charge in [-0.2, -0.15) is 0 Å². The number of hydrogen-bond donors (Lipinski definition) is 2. The molecule has 0 unspecified atom stereocenters. The number of nitrogens with one attached hydrogen (secondary N) is 1. The molecular weight excluding hydrogens is 276 g/mol. The Morgan fingerprint density at radius 2 is 1.95 bits per heavy atom. The van der Waals surface area contributed by atoms with Crippen LogP contribution < -0.4 is 14.8 Å². The molecule has 7 nitrogen and oxygen atoms in total. The number of rotatable bonds is 8. The highest BCUT2D eigenvalue weighted by atomic mass is 16.5. The molecule has 1 rings (SSSR count). The van der Waals surface area contributed by atoms with Gasteiger partial charge in [0.15, 0.2) is 11.5 Å². The van der Waals surface area contributed by atoms with Crippen LogP contribution in [0.2, 0.25) is 0 Å². The molecule has 0 spiro atoms. The molecule has 116 valence electrons. The maximum atomic E-state index is 11.6.